The standard InChI is InChI=1S/C14H10N4O3S2/c19-23(20,12-5-2-6-22-12)18-10-4-1-3-9-7-11(16-13(9)10)14-15-8-21-17-14/h1-8,16,18H. The van der Waals surface area contributed by atoms with Crippen molar-refractivity contribution in [3.63, 3.8) is 0 Å². The number of nitrogens with zero attached hydrogens (tertiary/aromatic N) is 2. The van der Waals surface area contributed by atoms with Gasteiger partial charge in [0, 0.05) is 5.39 Å². The van der Waals surface area contributed by atoms with Gasteiger partial charge in [-0.1, -0.05) is 23.4 Å². The highest BCUT2D eigenvalue weighted by Gasteiger charge is 2.17. The minimum absolute atomic E-state index is 0.263. The molecular formula is C14H10N4O3S2. The van der Waals surface area contributed by atoms with Crippen molar-refractivity contribution in [1.29, 1.82) is 0 Å². The molecule has 0 radical (unpaired) electrons. The molecule has 9 heteroatoms. The predicted molar refractivity (Wildman–Crippen MR) is 86.7 cm³/mol. The first-order valence-electron chi connectivity index (χ1n) is 6.58. The number of rotatable bonds is 4. The van der Waals surface area contributed by atoms with Gasteiger partial charge in [-0.2, -0.15) is 4.98 Å². The lowest BCUT2D eigenvalue weighted by Gasteiger charge is -2.07. The zero-order chi connectivity index (χ0) is 15.9. The predicted octanol–water partition coefficient (Wildman–Crippen LogP) is 3.08. The number of H-pyrrole nitrogens is 1. The zero-order valence-corrected chi connectivity index (χ0v) is 13.2. The van der Waals surface area contributed by atoms with Gasteiger partial charge in [-0.25, -0.2) is 8.42 Å². The summed E-state index contributed by atoms with van der Waals surface area (Å²) in [5.74, 6) is 0.410. The maximum atomic E-state index is 12.4. The summed E-state index contributed by atoms with van der Waals surface area (Å²) in [6.45, 7) is 0. The van der Waals surface area contributed by atoms with Gasteiger partial charge in [0.2, 0.25) is 12.2 Å². The number of thiophene rings is 1. The van der Waals surface area contributed by atoms with Gasteiger partial charge in [0.05, 0.1) is 16.9 Å². The second-order valence-electron chi connectivity index (χ2n) is 4.75. The molecule has 0 unspecified atom stereocenters. The molecule has 0 bridgehead atoms. The van der Waals surface area contributed by atoms with Gasteiger partial charge in [-0.05, 0) is 23.6 Å². The van der Waals surface area contributed by atoms with E-state index in [0.717, 1.165) is 16.7 Å². The first-order valence-corrected chi connectivity index (χ1v) is 8.94. The van der Waals surface area contributed by atoms with Crippen LogP contribution in [0.5, 0.6) is 0 Å². The molecule has 1 aromatic carbocycles. The Morgan fingerprint density at radius 2 is 2.13 bits per heavy atom. The minimum Gasteiger partial charge on any atom is -0.350 e. The van der Waals surface area contributed by atoms with Crippen LogP contribution < -0.4 is 4.72 Å². The van der Waals surface area contributed by atoms with E-state index < -0.39 is 10.0 Å². The molecule has 4 rings (SSSR count). The van der Waals surface area contributed by atoms with Crippen molar-refractivity contribution in [2.75, 3.05) is 4.72 Å². The Balaban J connectivity index is 1.79. The fourth-order valence-corrected chi connectivity index (χ4v) is 4.33. The molecule has 0 fully saturated rings. The largest absolute Gasteiger partial charge is 0.350 e. The molecule has 0 aliphatic carbocycles. The zero-order valence-electron chi connectivity index (χ0n) is 11.6. The van der Waals surface area contributed by atoms with Gasteiger partial charge < -0.3 is 9.51 Å². The summed E-state index contributed by atoms with van der Waals surface area (Å²) in [6.07, 6.45) is 1.24. The Bertz CT molecular complexity index is 1050. The highest BCUT2D eigenvalue weighted by molar-refractivity contribution is 7.94. The SMILES string of the molecule is O=S(=O)(Nc1cccc2cc(-c3ncon3)[nH]c12)c1cccs1. The number of aromatic nitrogens is 3. The number of aromatic amines is 1. The highest BCUT2D eigenvalue weighted by atomic mass is 32.2. The smallest absolute Gasteiger partial charge is 0.271 e. The van der Waals surface area contributed by atoms with Crippen molar-refractivity contribution in [3.8, 4) is 11.5 Å². The number of benzene rings is 1. The fraction of sp³-hybridized carbons (Fsp3) is 0. The third-order valence-corrected chi connectivity index (χ3v) is 6.03. The van der Waals surface area contributed by atoms with Crippen LogP contribution in [-0.2, 0) is 10.0 Å². The van der Waals surface area contributed by atoms with E-state index in [1.165, 1.54) is 6.39 Å². The number of hydrogen-bond donors (Lipinski definition) is 2. The van der Waals surface area contributed by atoms with E-state index in [1.807, 2.05) is 12.1 Å². The van der Waals surface area contributed by atoms with Gasteiger partial charge in [-0.3, -0.25) is 4.72 Å². The Hall–Kier alpha value is -2.65. The molecule has 3 heterocycles. The van der Waals surface area contributed by atoms with Crippen LogP contribution in [0.4, 0.5) is 5.69 Å². The molecule has 23 heavy (non-hydrogen) atoms. The van der Waals surface area contributed by atoms with Crippen LogP contribution >= 0.6 is 11.3 Å². The fourth-order valence-electron chi connectivity index (χ4n) is 2.26. The number of para-hydroxylation sites is 1. The molecule has 0 spiro atoms. The quantitative estimate of drug-likeness (QED) is 0.591. The van der Waals surface area contributed by atoms with Gasteiger partial charge in [0.25, 0.3) is 10.0 Å². The van der Waals surface area contributed by atoms with E-state index in [-0.39, 0.29) is 4.21 Å². The average Bonchev–Trinajstić information content (AvgIpc) is 3.27. The van der Waals surface area contributed by atoms with E-state index in [4.69, 9.17) is 4.52 Å². The van der Waals surface area contributed by atoms with Crippen LogP contribution in [0.3, 0.4) is 0 Å². The Kier molecular flexibility index (Phi) is 3.17. The van der Waals surface area contributed by atoms with Crippen molar-refractivity contribution in [2.24, 2.45) is 0 Å². The van der Waals surface area contributed by atoms with Crippen LogP contribution in [0.1, 0.15) is 0 Å². The van der Waals surface area contributed by atoms with E-state index in [9.17, 15) is 8.42 Å². The summed E-state index contributed by atoms with van der Waals surface area (Å²) in [4.78, 5) is 7.11. The Labute approximate surface area is 135 Å². The second-order valence-corrected chi connectivity index (χ2v) is 7.60. The van der Waals surface area contributed by atoms with Crippen molar-refractivity contribution >= 4 is 38.0 Å². The van der Waals surface area contributed by atoms with Gasteiger partial charge in [0.15, 0.2) is 0 Å². The van der Waals surface area contributed by atoms with E-state index in [0.29, 0.717) is 22.7 Å². The van der Waals surface area contributed by atoms with Crippen molar-refractivity contribution in [3.05, 3.63) is 48.2 Å². The third kappa shape index (κ3) is 2.49. The molecule has 0 amide bonds. The first-order chi connectivity index (χ1) is 11.1. The van der Waals surface area contributed by atoms with Crippen molar-refractivity contribution < 1.29 is 12.9 Å². The number of sulfonamides is 1. The van der Waals surface area contributed by atoms with Crippen LogP contribution in [0, 0.1) is 0 Å². The summed E-state index contributed by atoms with van der Waals surface area (Å²) in [7, 11) is -3.61. The molecule has 0 saturated heterocycles. The average molecular weight is 346 g/mol. The third-order valence-electron chi connectivity index (χ3n) is 3.26. The summed E-state index contributed by atoms with van der Waals surface area (Å²) < 4.78 is 32.4. The number of fused-ring (bicyclic) bond motifs is 1. The van der Waals surface area contributed by atoms with Crippen LogP contribution in [0.15, 0.2) is 56.9 Å². The molecule has 2 N–H and O–H groups in total. The summed E-state index contributed by atoms with van der Waals surface area (Å²) in [5.41, 5.74) is 1.77. The molecule has 0 aliphatic rings. The minimum atomic E-state index is -3.61. The molecular weight excluding hydrogens is 336 g/mol. The lowest BCUT2D eigenvalue weighted by atomic mass is 10.2. The van der Waals surface area contributed by atoms with Crippen molar-refractivity contribution in [1.82, 2.24) is 15.1 Å². The number of anilines is 1. The van der Waals surface area contributed by atoms with Gasteiger partial charge in [-0.15, -0.1) is 11.3 Å². The van der Waals surface area contributed by atoms with Crippen molar-refractivity contribution in [2.45, 2.75) is 4.21 Å². The molecule has 4 aromatic rings. The lowest BCUT2D eigenvalue weighted by molar-refractivity contribution is 0.418. The van der Waals surface area contributed by atoms with E-state index in [2.05, 4.69) is 19.8 Å². The molecule has 116 valence electrons. The maximum absolute atomic E-state index is 12.4. The topological polar surface area (TPSA) is 101 Å². The molecule has 7 nitrogen and oxygen atoms in total. The first kappa shape index (κ1) is 14.0. The summed E-state index contributed by atoms with van der Waals surface area (Å²) in [6, 6.07) is 10.4. The normalized spacial score (nSPS) is 11.8. The number of hydrogen-bond acceptors (Lipinski definition) is 6. The molecule has 0 saturated carbocycles. The van der Waals surface area contributed by atoms with E-state index >= 15 is 0 Å². The highest BCUT2D eigenvalue weighted by Crippen LogP contribution is 2.29. The number of nitrogens with one attached hydrogen (secondary N) is 2. The van der Waals surface area contributed by atoms with Crippen LogP contribution in [0.25, 0.3) is 22.4 Å². The Morgan fingerprint density at radius 3 is 2.87 bits per heavy atom. The maximum Gasteiger partial charge on any atom is 0.271 e. The molecule has 0 atom stereocenters. The van der Waals surface area contributed by atoms with Gasteiger partial charge in [0.1, 0.15) is 4.21 Å². The second kappa shape index (κ2) is 5.21. The molecule has 3 aromatic heterocycles. The Morgan fingerprint density at radius 1 is 1.22 bits per heavy atom. The monoisotopic (exact) mass is 346 g/mol. The van der Waals surface area contributed by atoms with Crippen LogP contribution in [0.2, 0.25) is 0 Å². The summed E-state index contributed by atoms with van der Waals surface area (Å²) in [5, 5.41) is 6.34. The van der Waals surface area contributed by atoms with Gasteiger partial charge >= 0.3 is 0 Å². The lowest BCUT2D eigenvalue weighted by Crippen LogP contribution is -2.11. The van der Waals surface area contributed by atoms with Crippen LogP contribution in [-0.4, -0.2) is 23.5 Å². The summed E-state index contributed by atoms with van der Waals surface area (Å²) >= 11 is 1.16. The van der Waals surface area contributed by atoms with E-state index in [1.54, 1.807) is 29.6 Å². The molecule has 0 aliphatic heterocycles.